The molecule has 0 radical (unpaired) electrons. The van der Waals surface area contributed by atoms with E-state index in [1.54, 1.807) is 6.92 Å². The minimum absolute atomic E-state index is 0.232. The highest BCUT2D eigenvalue weighted by Gasteiger charge is 2.24. The van der Waals surface area contributed by atoms with Crippen LogP contribution in [0.4, 0.5) is 22.0 Å². The molecule has 1 nitrogen and oxygen atoms in total. The molecular formula is C15H18F5N. The number of benzene rings is 1. The predicted molar refractivity (Wildman–Crippen MR) is 72.3 cm³/mol. The van der Waals surface area contributed by atoms with Gasteiger partial charge in [-0.2, -0.15) is 0 Å². The second kappa shape index (κ2) is 6.56. The van der Waals surface area contributed by atoms with Crippen LogP contribution in [-0.2, 0) is 0 Å². The van der Waals surface area contributed by atoms with Gasteiger partial charge in [0.05, 0.1) is 5.56 Å². The molecule has 0 spiro atoms. The molecule has 0 heterocycles. The van der Waals surface area contributed by atoms with Gasteiger partial charge in [0.2, 0.25) is 5.82 Å². The number of hydrogen-bond donors (Lipinski definition) is 1. The Bertz CT molecular complexity index is 529. The summed E-state index contributed by atoms with van der Waals surface area (Å²) in [5, 5.41) is 3.10. The van der Waals surface area contributed by atoms with E-state index < -0.39 is 34.6 Å². The van der Waals surface area contributed by atoms with Gasteiger partial charge < -0.3 is 5.32 Å². The van der Waals surface area contributed by atoms with Crippen molar-refractivity contribution >= 4 is 6.08 Å². The molecule has 118 valence electrons. The van der Waals surface area contributed by atoms with E-state index in [9.17, 15) is 22.0 Å². The van der Waals surface area contributed by atoms with E-state index in [0.29, 0.717) is 18.5 Å². The molecule has 0 saturated carbocycles. The van der Waals surface area contributed by atoms with Crippen LogP contribution in [0.5, 0.6) is 0 Å². The molecule has 0 aromatic heterocycles. The third-order valence-electron chi connectivity index (χ3n) is 2.89. The molecule has 1 aromatic rings. The Balaban J connectivity index is 3.23. The van der Waals surface area contributed by atoms with E-state index in [-0.39, 0.29) is 5.54 Å². The average molecular weight is 307 g/mol. The zero-order valence-corrected chi connectivity index (χ0v) is 12.4. The Kier molecular flexibility index (Phi) is 5.50. The molecule has 1 N–H and O–H groups in total. The largest absolute Gasteiger partial charge is 0.308 e. The van der Waals surface area contributed by atoms with Gasteiger partial charge in [0, 0.05) is 12.1 Å². The summed E-state index contributed by atoms with van der Waals surface area (Å²) in [7, 11) is 0. The third-order valence-corrected chi connectivity index (χ3v) is 2.89. The maximum Gasteiger partial charge on any atom is 0.200 e. The highest BCUT2D eigenvalue weighted by Crippen LogP contribution is 2.25. The van der Waals surface area contributed by atoms with Crippen LogP contribution in [0.2, 0.25) is 0 Å². The van der Waals surface area contributed by atoms with E-state index in [4.69, 9.17) is 0 Å². The van der Waals surface area contributed by atoms with Gasteiger partial charge in [-0.05, 0) is 33.3 Å². The summed E-state index contributed by atoms with van der Waals surface area (Å²) in [4.78, 5) is 0. The van der Waals surface area contributed by atoms with Gasteiger partial charge in [-0.25, -0.2) is 22.0 Å². The first kappa shape index (κ1) is 17.6. The number of halogens is 5. The molecule has 0 fully saturated rings. The molecule has 0 bridgehead atoms. The SMILES string of the molecule is CCC(=Cc1c(F)c(F)c(F)c(F)c1F)CNC(C)(C)C. The van der Waals surface area contributed by atoms with Crippen LogP contribution in [0.25, 0.3) is 6.08 Å². The minimum atomic E-state index is -2.15. The normalized spacial score (nSPS) is 12.9. The standard InChI is InChI=1S/C15H18F5N/c1-5-8(7-21-15(2,3)4)6-9-10(16)12(18)14(20)13(19)11(9)17/h6,21H,5,7H2,1-4H3. The minimum Gasteiger partial charge on any atom is -0.308 e. The van der Waals surface area contributed by atoms with Crippen LogP contribution in [0, 0.1) is 29.1 Å². The van der Waals surface area contributed by atoms with Crippen LogP contribution in [0.1, 0.15) is 39.7 Å². The smallest absolute Gasteiger partial charge is 0.200 e. The van der Waals surface area contributed by atoms with Gasteiger partial charge in [0.15, 0.2) is 23.3 Å². The maximum atomic E-state index is 13.6. The van der Waals surface area contributed by atoms with Gasteiger partial charge in [0.25, 0.3) is 0 Å². The monoisotopic (exact) mass is 307 g/mol. The molecule has 0 aliphatic heterocycles. The van der Waals surface area contributed by atoms with Gasteiger partial charge in [-0.15, -0.1) is 0 Å². The highest BCUT2D eigenvalue weighted by molar-refractivity contribution is 5.55. The first-order chi connectivity index (χ1) is 9.58. The summed E-state index contributed by atoms with van der Waals surface area (Å²) in [5.41, 5.74) is -0.600. The Labute approximate surface area is 120 Å². The summed E-state index contributed by atoms with van der Waals surface area (Å²) < 4.78 is 66.4. The van der Waals surface area contributed by atoms with Crippen molar-refractivity contribution in [2.75, 3.05) is 6.54 Å². The van der Waals surface area contributed by atoms with Crippen molar-refractivity contribution in [2.24, 2.45) is 0 Å². The Morgan fingerprint density at radius 3 is 1.71 bits per heavy atom. The summed E-state index contributed by atoms with van der Waals surface area (Å²) >= 11 is 0. The topological polar surface area (TPSA) is 12.0 Å². The first-order valence-electron chi connectivity index (χ1n) is 6.54. The summed E-state index contributed by atoms with van der Waals surface area (Å²) in [6, 6.07) is 0. The van der Waals surface area contributed by atoms with E-state index in [1.807, 2.05) is 20.8 Å². The summed E-state index contributed by atoms with van der Waals surface area (Å²) in [5.74, 6) is -9.63. The molecule has 0 unspecified atom stereocenters. The molecule has 0 amide bonds. The number of hydrogen-bond acceptors (Lipinski definition) is 1. The average Bonchev–Trinajstić information content (AvgIpc) is 2.41. The lowest BCUT2D eigenvalue weighted by Gasteiger charge is -2.21. The van der Waals surface area contributed by atoms with Crippen molar-refractivity contribution in [1.29, 1.82) is 0 Å². The Morgan fingerprint density at radius 1 is 0.905 bits per heavy atom. The molecule has 21 heavy (non-hydrogen) atoms. The fraction of sp³-hybridized carbons (Fsp3) is 0.467. The van der Waals surface area contributed by atoms with Crippen LogP contribution in [0.3, 0.4) is 0 Å². The van der Waals surface area contributed by atoms with Crippen molar-refractivity contribution in [3.63, 3.8) is 0 Å². The lowest BCUT2D eigenvalue weighted by Crippen LogP contribution is -2.37. The first-order valence-corrected chi connectivity index (χ1v) is 6.54. The van der Waals surface area contributed by atoms with Crippen molar-refractivity contribution in [3.05, 3.63) is 40.2 Å². The summed E-state index contributed by atoms with van der Waals surface area (Å²) in [6.07, 6.45) is 1.43. The van der Waals surface area contributed by atoms with Crippen LogP contribution >= 0.6 is 0 Å². The van der Waals surface area contributed by atoms with Gasteiger partial charge in [-0.3, -0.25) is 0 Å². The zero-order valence-electron chi connectivity index (χ0n) is 12.4. The fourth-order valence-electron chi connectivity index (χ4n) is 1.61. The molecule has 1 rings (SSSR count). The van der Waals surface area contributed by atoms with Gasteiger partial charge in [0.1, 0.15) is 0 Å². The van der Waals surface area contributed by atoms with Crippen molar-refractivity contribution < 1.29 is 22.0 Å². The fourth-order valence-corrected chi connectivity index (χ4v) is 1.61. The van der Waals surface area contributed by atoms with E-state index in [2.05, 4.69) is 5.32 Å². The zero-order chi connectivity index (χ0) is 16.4. The predicted octanol–water partition coefficient (Wildman–Crippen LogP) is 4.56. The maximum absolute atomic E-state index is 13.6. The van der Waals surface area contributed by atoms with Crippen LogP contribution in [0.15, 0.2) is 5.57 Å². The summed E-state index contributed by atoms with van der Waals surface area (Å²) in [6.45, 7) is 7.73. The molecular weight excluding hydrogens is 289 g/mol. The van der Waals surface area contributed by atoms with Crippen molar-refractivity contribution in [3.8, 4) is 0 Å². The lowest BCUT2D eigenvalue weighted by atomic mass is 10.0. The van der Waals surface area contributed by atoms with Gasteiger partial charge >= 0.3 is 0 Å². The molecule has 0 atom stereocenters. The van der Waals surface area contributed by atoms with E-state index in [0.717, 1.165) is 6.08 Å². The van der Waals surface area contributed by atoms with Crippen molar-refractivity contribution in [1.82, 2.24) is 5.32 Å². The molecule has 0 aliphatic carbocycles. The van der Waals surface area contributed by atoms with Crippen molar-refractivity contribution in [2.45, 2.75) is 39.7 Å². The Hall–Kier alpha value is -1.43. The molecule has 1 aromatic carbocycles. The van der Waals surface area contributed by atoms with Crippen LogP contribution < -0.4 is 5.32 Å². The van der Waals surface area contributed by atoms with E-state index in [1.165, 1.54) is 0 Å². The van der Waals surface area contributed by atoms with Crippen LogP contribution in [-0.4, -0.2) is 12.1 Å². The molecule has 0 saturated heterocycles. The second-order valence-electron chi connectivity index (χ2n) is 5.74. The Morgan fingerprint density at radius 2 is 1.33 bits per heavy atom. The quantitative estimate of drug-likeness (QED) is 0.488. The molecule has 0 aliphatic rings. The van der Waals surface area contributed by atoms with E-state index >= 15 is 0 Å². The highest BCUT2D eigenvalue weighted by atomic mass is 19.2. The van der Waals surface area contributed by atoms with Gasteiger partial charge in [-0.1, -0.05) is 12.5 Å². The second-order valence-corrected chi connectivity index (χ2v) is 5.74. The lowest BCUT2D eigenvalue weighted by molar-refractivity contribution is 0.376. The number of rotatable bonds is 4. The third kappa shape index (κ3) is 4.27. The molecule has 6 heteroatoms. The number of nitrogens with one attached hydrogen (secondary N) is 1.